The highest BCUT2D eigenvalue weighted by Gasteiger charge is 2.12. The van der Waals surface area contributed by atoms with Crippen molar-refractivity contribution in [3.8, 4) is 11.5 Å². The number of benzene rings is 1. The number of rotatable bonds is 2. The van der Waals surface area contributed by atoms with Gasteiger partial charge < -0.3 is 9.52 Å². The van der Waals surface area contributed by atoms with E-state index < -0.39 is 5.97 Å². The van der Waals surface area contributed by atoms with Crippen LogP contribution in [0.5, 0.6) is 0 Å². The quantitative estimate of drug-likeness (QED) is 0.760. The molecule has 1 N–H and O–H groups in total. The van der Waals surface area contributed by atoms with Gasteiger partial charge in [0, 0.05) is 11.9 Å². The second kappa shape index (κ2) is 4.20. The molecular formula is C14H10N2O3. The van der Waals surface area contributed by atoms with Crippen LogP contribution in [0.2, 0.25) is 0 Å². The molecule has 19 heavy (non-hydrogen) atoms. The van der Waals surface area contributed by atoms with Crippen molar-refractivity contribution in [1.82, 2.24) is 9.97 Å². The van der Waals surface area contributed by atoms with Gasteiger partial charge in [-0.1, -0.05) is 0 Å². The summed E-state index contributed by atoms with van der Waals surface area (Å²) in [6, 6.07) is 8.29. The smallest absolute Gasteiger partial charge is 0.335 e. The van der Waals surface area contributed by atoms with E-state index in [1.165, 1.54) is 12.1 Å². The zero-order chi connectivity index (χ0) is 13.4. The van der Waals surface area contributed by atoms with E-state index in [2.05, 4.69) is 9.97 Å². The molecule has 0 atom stereocenters. The normalized spacial score (nSPS) is 10.8. The summed E-state index contributed by atoms with van der Waals surface area (Å²) in [6.45, 7) is 1.87. The molecule has 0 amide bonds. The average Bonchev–Trinajstić information content (AvgIpc) is 2.81. The summed E-state index contributed by atoms with van der Waals surface area (Å²) >= 11 is 0. The second-order valence-corrected chi connectivity index (χ2v) is 4.14. The number of aryl methyl sites for hydroxylation is 1. The molecule has 3 rings (SSSR count). The van der Waals surface area contributed by atoms with Gasteiger partial charge in [0.1, 0.15) is 5.52 Å². The number of nitrogens with zero attached hydrogens (tertiary/aromatic N) is 2. The number of carboxylic acid groups (broad SMARTS) is 1. The van der Waals surface area contributed by atoms with Crippen molar-refractivity contribution in [2.24, 2.45) is 0 Å². The predicted octanol–water partition coefficient (Wildman–Crippen LogP) is 2.90. The van der Waals surface area contributed by atoms with Crippen LogP contribution in [0.1, 0.15) is 16.1 Å². The monoisotopic (exact) mass is 254 g/mol. The van der Waals surface area contributed by atoms with Gasteiger partial charge in [-0.3, -0.25) is 4.98 Å². The molecule has 2 heterocycles. The summed E-state index contributed by atoms with van der Waals surface area (Å²) in [5.74, 6) is -0.541. The maximum Gasteiger partial charge on any atom is 0.335 e. The summed E-state index contributed by atoms with van der Waals surface area (Å²) in [4.78, 5) is 19.4. The fourth-order valence-corrected chi connectivity index (χ4v) is 1.88. The largest absolute Gasteiger partial charge is 0.478 e. The molecule has 0 fully saturated rings. The van der Waals surface area contributed by atoms with Crippen molar-refractivity contribution >= 4 is 17.1 Å². The Kier molecular flexibility index (Phi) is 2.52. The van der Waals surface area contributed by atoms with E-state index in [0.29, 0.717) is 17.0 Å². The zero-order valence-corrected chi connectivity index (χ0v) is 10.1. The number of oxazole rings is 1. The minimum atomic E-state index is -0.989. The minimum Gasteiger partial charge on any atom is -0.478 e. The minimum absolute atomic E-state index is 0.179. The topological polar surface area (TPSA) is 76.2 Å². The first-order valence-electron chi connectivity index (χ1n) is 5.71. The third kappa shape index (κ3) is 1.95. The summed E-state index contributed by atoms with van der Waals surface area (Å²) < 4.78 is 5.61. The van der Waals surface area contributed by atoms with Crippen LogP contribution in [0.3, 0.4) is 0 Å². The summed E-state index contributed by atoms with van der Waals surface area (Å²) in [7, 11) is 0. The Morgan fingerprint density at radius 3 is 2.89 bits per heavy atom. The van der Waals surface area contributed by atoms with Crippen LogP contribution >= 0.6 is 0 Å². The molecule has 0 aliphatic heterocycles. The summed E-state index contributed by atoms with van der Waals surface area (Å²) in [6.07, 6.45) is 1.70. The van der Waals surface area contributed by atoms with Crippen LogP contribution < -0.4 is 0 Å². The Bertz CT molecular complexity index is 777. The number of hydrogen-bond acceptors (Lipinski definition) is 4. The standard InChI is InChI=1S/C14H10N2O3/c1-8-10(3-2-6-15-8)13-16-11-5-4-9(14(17)18)7-12(11)19-13/h2-7H,1H3,(H,17,18). The Labute approximate surface area is 108 Å². The van der Waals surface area contributed by atoms with Gasteiger partial charge in [-0.25, -0.2) is 9.78 Å². The number of aromatic nitrogens is 2. The first kappa shape index (κ1) is 11.4. The molecule has 5 nitrogen and oxygen atoms in total. The van der Waals surface area contributed by atoms with E-state index in [1.807, 2.05) is 13.0 Å². The summed E-state index contributed by atoms with van der Waals surface area (Å²) in [5.41, 5.74) is 2.88. The predicted molar refractivity (Wildman–Crippen MR) is 68.9 cm³/mol. The van der Waals surface area contributed by atoms with Crippen LogP contribution in [0, 0.1) is 6.92 Å². The number of fused-ring (bicyclic) bond motifs is 1. The zero-order valence-electron chi connectivity index (χ0n) is 10.1. The van der Waals surface area contributed by atoms with Crippen molar-refractivity contribution in [3.05, 3.63) is 47.8 Å². The molecule has 0 spiro atoms. The van der Waals surface area contributed by atoms with Gasteiger partial charge in [0.2, 0.25) is 5.89 Å². The van der Waals surface area contributed by atoms with E-state index in [-0.39, 0.29) is 5.56 Å². The molecule has 0 unspecified atom stereocenters. The van der Waals surface area contributed by atoms with Crippen LogP contribution in [0.15, 0.2) is 40.9 Å². The lowest BCUT2D eigenvalue weighted by molar-refractivity contribution is 0.0697. The van der Waals surface area contributed by atoms with Gasteiger partial charge in [0.05, 0.1) is 11.1 Å². The average molecular weight is 254 g/mol. The van der Waals surface area contributed by atoms with Gasteiger partial charge in [-0.05, 0) is 37.3 Å². The molecule has 94 valence electrons. The van der Waals surface area contributed by atoms with Crippen molar-refractivity contribution in [1.29, 1.82) is 0 Å². The third-order valence-electron chi connectivity index (χ3n) is 2.87. The summed E-state index contributed by atoms with van der Waals surface area (Å²) in [5, 5.41) is 8.94. The van der Waals surface area contributed by atoms with E-state index in [9.17, 15) is 4.79 Å². The Morgan fingerprint density at radius 2 is 2.16 bits per heavy atom. The van der Waals surface area contributed by atoms with Gasteiger partial charge in [0.25, 0.3) is 0 Å². The van der Waals surface area contributed by atoms with Crippen LogP contribution in [-0.2, 0) is 0 Å². The SMILES string of the molecule is Cc1ncccc1-c1nc2ccc(C(=O)O)cc2o1. The van der Waals surface area contributed by atoms with Gasteiger partial charge in [-0.15, -0.1) is 0 Å². The van der Waals surface area contributed by atoms with Gasteiger partial charge in [-0.2, -0.15) is 0 Å². The maximum absolute atomic E-state index is 10.9. The molecule has 2 aromatic heterocycles. The molecule has 0 aliphatic carbocycles. The Morgan fingerprint density at radius 1 is 1.32 bits per heavy atom. The number of carboxylic acids is 1. The third-order valence-corrected chi connectivity index (χ3v) is 2.87. The number of aromatic carboxylic acids is 1. The number of pyridine rings is 1. The van der Waals surface area contributed by atoms with Gasteiger partial charge >= 0.3 is 5.97 Å². The second-order valence-electron chi connectivity index (χ2n) is 4.14. The Hall–Kier alpha value is -2.69. The van der Waals surface area contributed by atoms with E-state index in [1.54, 1.807) is 18.3 Å². The number of hydrogen-bond donors (Lipinski definition) is 1. The fourth-order valence-electron chi connectivity index (χ4n) is 1.88. The molecule has 0 saturated heterocycles. The highest BCUT2D eigenvalue weighted by molar-refractivity contribution is 5.92. The van der Waals surface area contributed by atoms with Gasteiger partial charge in [0.15, 0.2) is 5.58 Å². The molecule has 0 bridgehead atoms. The fraction of sp³-hybridized carbons (Fsp3) is 0.0714. The lowest BCUT2D eigenvalue weighted by Gasteiger charge is -1.97. The maximum atomic E-state index is 10.9. The molecular weight excluding hydrogens is 244 g/mol. The van der Waals surface area contributed by atoms with Crippen molar-refractivity contribution in [2.45, 2.75) is 6.92 Å². The van der Waals surface area contributed by atoms with E-state index >= 15 is 0 Å². The van der Waals surface area contributed by atoms with Crippen LogP contribution in [0.4, 0.5) is 0 Å². The molecule has 3 aromatic rings. The van der Waals surface area contributed by atoms with E-state index in [4.69, 9.17) is 9.52 Å². The molecule has 1 aromatic carbocycles. The molecule has 0 aliphatic rings. The lowest BCUT2D eigenvalue weighted by atomic mass is 10.2. The first-order valence-corrected chi connectivity index (χ1v) is 5.71. The molecule has 0 radical (unpaired) electrons. The van der Waals surface area contributed by atoms with Crippen molar-refractivity contribution < 1.29 is 14.3 Å². The lowest BCUT2D eigenvalue weighted by Crippen LogP contribution is -1.94. The van der Waals surface area contributed by atoms with Crippen LogP contribution in [-0.4, -0.2) is 21.0 Å². The van der Waals surface area contributed by atoms with Crippen molar-refractivity contribution in [2.75, 3.05) is 0 Å². The Balaban J connectivity index is 2.17. The first-order chi connectivity index (χ1) is 9.15. The number of carbonyl (C=O) groups is 1. The highest BCUT2D eigenvalue weighted by atomic mass is 16.4. The van der Waals surface area contributed by atoms with Crippen LogP contribution in [0.25, 0.3) is 22.6 Å². The molecule has 5 heteroatoms. The highest BCUT2D eigenvalue weighted by Crippen LogP contribution is 2.26. The van der Waals surface area contributed by atoms with E-state index in [0.717, 1.165) is 11.3 Å². The van der Waals surface area contributed by atoms with Crippen molar-refractivity contribution in [3.63, 3.8) is 0 Å². The molecule has 0 saturated carbocycles.